The Morgan fingerprint density at radius 2 is 2.06 bits per heavy atom. The fraction of sp³-hybridized carbons (Fsp3) is 0.417. The summed E-state index contributed by atoms with van der Waals surface area (Å²) in [5.74, 6) is -0.339. The zero-order valence-corrected chi connectivity index (χ0v) is 9.39. The van der Waals surface area contributed by atoms with Crippen LogP contribution in [0.25, 0.3) is 0 Å². The van der Waals surface area contributed by atoms with E-state index < -0.39 is 6.10 Å². The molecule has 1 aromatic carbocycles. The van der Waals surface area contributed by atoms with Crippen LogP contribution in [0, 0.1) is 0 Å². The smallest absolute Gasteiger partial charge is 0.218 e. The van der Waals surface area contributed by atoms with E-state index in [9.17, 15) is 9.90 Å². The first-order valence-corrected chi connectivity index (χ1v) is 5.34. The molecule has 0 bridgehead atoms. The van der Waals surface area contributed by atoms with Crippen LogP contribution in [0.1, 0.15) is 25.0 Å². The van der Waals surface area contributed by atoms with Crippen molar-refractivity contribution in [3.8, 4) is 0 Å². The van der Waals surface area contributed by atoms with Crippen LogP contribution in [0.15, 0.2) is 30.3 Å². The number of nitrogens with one attached hydrogen (secondary N) is 1. The van der Waals surface area contributed by atoms with E-state index in [0.717, 1.165) is 5.56 Å². The van der Waals surface area contributed by atoms with Crippen molar-refractivity contribution in [1.29, 1.82) is 0 Å². The Bertz CT molecular complexity index is 327. The quantitative estimate of drug-likeness (QED) is 0.659. The van der Waals surface area contributed by atoms with Crippen molar-refractivity contribution in [1.82, 2.24) is 5.32 Å². The summed E-state index contributed by atoms with van der Waals surface area (Å²) in [5.41, 5.74) is 5.93. The highest BCUT2D eigenvalue weighted by Crippen LogP contribution is 2.10. The molecule has 0 saturated heterocycles. The van der Waals surface area contributed by atoms with Crippen molar-refractivity contribution in [2.45, 2.75) is 25.5 Å². The lowest BCUT2D eigenvalue weighted by Crippen LogP contribution is -2.33. The van der Waals surface area contributed by atoms with Gasteiger partial charge in [0.1, 0.15) is 0 Å². The van der Waals surface area contributed by atoms with Gasteiger partial charge in [0.05, 0.1) is 6.10 Å². The van der Waals surface area contributed by atoms with E-state index in [-0.39, 0.29) is 18.4 Å². The van der Waals surface area contributed by atoms with E-state index in [1.54, 1.807) is 0 Å². The fourth-order valence-corrected chi connectivity index (χ4v) is 1.48. The molecule has 0 radical (unpaired) electrons. The van der Waals surface area contributed by atoms with Crippen LogP contribution in [0.4, 0.5) is 0 Å². The van der Waals surface area contributed by atoms with Gasteiger partial charge in [-0.15, -0.1) is 0 Å². The monoisotopic (exact) mass is 222 g/mol. The molecular formula is C12H18N2O2. The lowest BCUT2D eigenvalue weighted by Gasteiger charge is -2.16. The Morgan fingerprint density at radius 3 is 2.62 bits per heavy atom. The predicted molar refractivity (Wildman–Crippen MR) is 62.7 cm³/mol. The molecule has 0 aliphatic carbocycles. The molecule has 88 valence electrons. The SMILES string of the molecule is CC(CC(N)=O)NCC(O)c1ccccc1. The predicted octanol–water partition coefficient (Wildman–Crippen LogP) is 0.573. The van der Waals surface area contributed by atoms with E-state index in [1.807, 2.05) is 37.3 Å². The van der Waals surface area contributed by atoms with Gasteiger partial charge in [0.15, 0.2) is 0 Å². The van der Waals surface area contributed by atoms with Crippen molar-refractivity contribution in [3.63, 3.8) is 0 Å². The van der Waals surface area contributed by atoms with Crippen molar-refractivity contribution in [3.05, 3.63) is 35.9 Å². The lowest BCUT2D eigenvalue weighted by molar-refractivity contribution is -0.118. The van der Waals surface area contributed by atoms with E-state index in [0.29, 0.717) is 6.54 Å². The summed E-state index contributed by atoms with van der Waals surface area (Å²) in [7, 11) is 0. The number of rotatable bonds is 6. The molecule has 0 heterocycles. The third-order valence-electron chi connectivity index (χ3n) is 2.35. The zero-order valence-electron chi connectivity index (χ0n) is 9.39. The molecule has 4 N–H and O–H groups in total. The van der Waals surface area contributed by atoms with Crippen LogP contribution in [0.5, 0.6) is 0 Å². The summed E-state index contributed by atoms with van der Waals surface area (Å²) in [6.07, 6.45) is -0.279. The second kappa shape index (κ2) is 6.25. The van der Waals surface area contributed by atoms with Crippen molar-refractivity contribution in [2.24, 2.45) is 5.73 Å². The number of amides is 1. The number of hydrogen-bond donors (Lipinski definition) is 3. The molecule has 2 unspecified atom stereocenters. The van der Waals surface area contributed by atoms with Crippen LogP contribution in [0.3, 0.4) is 0 Å². The third kappa shape index (κ3) is 4.42. The highest BCUT2D eigenvalue weighted by Gasteiger charge is 2.10. The molecule has 0 saturated carbocycles. The van der Waals surface area contributed by atoms with Gasteiger partial charge in [-0.05, 0) is 12.5 Å². The molecule has 4 heteroatoms. The van der Waals surface area contributed by atoms with Gasteiger partial charge in [0, 0.05) is 19.0 Å². The molecule has 1 aromatic rings. The van der Waals surface area contributed by atoms with Crippen molar-refractivity contribution >= 4 is 5.91 Å². The summed E-state index contributed by atoms with van der Waals surface area (Å²) < 4.78 is 0. The fourth-order valence-electron chi connectivity index (χ4n) is 1.48. The maximum absolute atomic E-state index is 10.6. The Hall–Kier alpha value is -1.39. The topological polar surface area (TPSA) is 75.4 Å². The number of aliphatic hydroxyl groups excluding tert-OH is 1. The van der Waals surface area contributed by atoms with Gasteiger partial charge < -0.3 is 16.2 Å². The number of hydrogen-bond acceptors (Lipinski definition) is 3. The molecule has 0 spiro atoms. The molecule has 4 nitrogen and oxygen atoms in total. The average Bonchev–Trinajstić information content (AvgIpc) is 2.26. The van der Waals surface area contributed by atoms with Gasteiger partial charge in [0.25, 0.3) is 0 Å². The summed E-state index contributed by atoms with van der Waals surface area (Å²) in [6.45, 7) is 2.28. The number of primary amides is 1. The summed E-state index contributed by atoms with van der Waals surface area (Å²) in [4.78, 5) is 10.6. The first-order valence-electron chi connectivity index (χ1n) is 5.34. The Labute approximate surface area is 95.5 Å². The maximum Gasteiger partial charge on any atom is 0.218 e. The second-order valence-corrected chi connectivity index (χ2v) is 3.91. The largest absolute Gasteiger partial charge is 0.387 e. The number of carbonyl (C=O) groups excluding carboxylic acids is 1. The molecule has 1 rings (SSSR count). The Balaban J connectivity index is 2.35. The standard InChI is InChI=1S/C12H18N2O2/c1-9(7-12(13)16)14-8-11(15)10-5-3-2-4-6-10/h2-6,9,11,14-15H,7-8H2,1H3,(H2,13,16). The lowest BCUT2D eigenvalue weighted by atomic mass is 10.1. The molecular weight excluding hydrogens is 204 g/mol. The minimum Gasteiger partial charge on any atom is -0.387 e. The number of benzene rings is 1. The molecule has 0 aliphatic rings. The highest BCUT2D eigenvalue weighted by molar-refractivity contribution is 5.74. The van der Waals surface area contributed by atoms with Crippen LogP contribution in [0.2, 0.25) is 0 Å². The van der Waals surface area contributed by atoms with Crippen molar-refractivity contribution in [2.75, 3.05) is 6.54 Å². The minimum absolute atomic E-state index is 0.0177. The van der Waals surface area contributed by atoms with E-state index >= 15 is 0 Å². The normalized spacial score (nSPS) is 14.4. The summed E-state index contributed by atoms with van der Waals surface area (Å²) in [5, 5.41) is 12.9. The molecule has 1 amide bonds. The Kier molecular flexibility index (Phi) is 4.95. The number of carbonyl (C=O) groups is 1. The zero-order chi connectivity index (χ0) is 12.0. The van der Waals surface area contributed by atoms with E-state index in [4.69, 9.17) is 5.73 Å². The third-order valence-corrected chi connectivity index (χ3v) is 2.35. The molecule has 2 atom stereocenters. The average molecular weight is 222 g/mol. The summed E-state index contributed by atoms with van der Waals surface area (Å²) in [6, 6.07) is 9.38. The van der Waals surface area contributed by atoms with E-state index in [2.05, 4.69) is 5.32 Å². The van der Waals surface area contributed by atoms with Gasteiger partial charge in [-0.1, -0.05) is 30.3 Å². The molecule has 0 aromatic heterocycles. The van der Waals surface area contributed by atoms with Gasteiger partial charge in [-0.25, -0.2) is 0 Å². The number of aliphatic hydroxyl groups is 1. The second-order valence-electron chi connectivity index (χ2n) is 3.91. The van der Waals surface area contributed by atoms with Crippen molar-refractivity contribution < 1.29 is 9.90 Å². The first-order chi connectivity index (χ1) is 7.59. The molecule has 16 heavy (non-hydrogen) atoms. The van der Waals surface area contributed by atoms with Gasteiger partial charge >= 0.3 is 0 Å². The van der Waals surface area contributed by atoms with Gasteiger partial charge in [0.2, 0.25) is 5.91 Å². The highest BCUT2D eigenvalue weighted by atomic mass is 16.3. The van der Waals surface area contributed by atoms with E-state index in [1.165, 1.54) is 0 Å². The van der Waals surface area contributed by atoms with Crippen LogP contribution < -0.4 is 11.1 Å². The minimum atomic E-state index is -0.559. The van der Waals surface area contributed by atoms with Crippen LogP contribution >= 0.6 is 0 Å². The van der Waals surface area contributed by atoms with Gasteiger partial charge in [-0.3, -0.25) is 4.79 Å². The van der Waals surface area contributed by atoms with Gasteiger partial charge in [-0.2, -0.15) is 0 Å². The van der Waals surface area contributed by atoms with Crippen LogP contribution in [-0.4, -0.2) is 23.6 Å². The maximum atomic E-state index is 10.6. The van der Waals surface area contributed by atoms with Crippen LogP contribution in [-0.2, 0) is 4.79 Å². The number of nitrogens with two attached hydrogens (primary N) is 1. The Morgan fingerprint density at radius 1 is 1.44 bits per heavy atom. The first kappa shape index (κ1) is 12.7. The molecule has 0 aliphatic heterocycles. The summed E-state index contributed by atoms with van der Waals surface area (Å²) >= 11 is 0. The molecule has 0 fully saturated rings.